The minimum absolute atomic E-state index is 0.724. The van der Waals surface area contributed by atoms with Gasteiger partial charge < -0.3 is 5.73 Å². The molecule has 0 atom stereocenters. The van der Waals surface area contributed by atoms with Crippen molar-refractivity contribution < 1.29 is 0 Å². The van der Waals surface area contributed by atoms with Crippen molar-refractivity contribution in [2.75, 3.05) is 0 Å². The third-order valence-electron chi connectivity index (χ3n) is 1.92. The van der Waals surface area contributed by atoms with Crippen molar-refractivity contribution in [1.82, 2.24) is 0 Å². The zero-order valence-electron chi connectivity index (χ0n) is 7.72. The summed E-state index contributed by atoms with van der Waals surface area (Å²) in [4.78, 5) is 0. The zero-order valence-corrected chi connectivity index (χ0v) is 7.72. The first-order valence-corrected chi connectivity index (χ1v) is 4.09. The van der Waals surface area contributed by atoms with Crippen molar-refractivity contribution >= 4 is 0 Å². The van der Waals surface area contributed by atoms with Crippen LogP contribution in [0.2, 0.25) is 0 Å². The Kier molecular flexibility index (Phi) is 2.54. The van der Waals surface area contributed by atoms with E-state index in [1.165, 1.54) is 16.7 Å². The monoisotopic (exact) mass is 161 g/mol. The topological polar surface area (TPSA) is 26.0 Å². The van der Waals surface area contributed by atoms with Crippen LogP contribution in [0.4, 0.5) is 0 Å². The lowest BCUT2D eigenvalue weighted by Gasteiger charge is -2.05. The van der Waals surface area contributed by atoms with Crippen LogP contribution in [0.25, 0.3) is 0 Å². The average Bonchev–Trinajstić information content (AvgIpc) is 1.94. The first-order chi connectivity index (χ1) is 5.59. The highest BCUT2D eigenvalue weighted by atomic mass is 14.6. The van der Waals surface area contributed by atoms with Gasteiger partial charge in [0, 0.05) is 12.1 Å². The van der Waals surface area contributed by atoms with E-state index in [0.717, 1.165) is 12.1 Å². The molecule has 0 aliphatic heterocycles. The molecule has 12 heavy (non-hydrogen) atoms. The van der Waals surface area contributed by atoms with E-state index in [1.54, 1.807) is 0 Å². The summed E-state index contributed by atoms with van der Waals surface area (Å²) in [5.41, 5.74) is 10.1. The van der Waals surface area contributed by atoms with E-state index < -0.39 is 0 Å². The van der Waals surface area contributed by atoms with E-state index >= 15 is 0 Å². The maximum Gasteiger partial charge on any atom is 0.0117 e. The molecule has 2 N–H and O–H groups in total. The molecule has 64 valence electrons. The Hall–Kier alpha value is -1.24. The average molecular weight is 161 g/mol. The number of nitrogens with two attached hydrogens (primary N) is 1. The second-order valence-electron chi connectivity index (χ2n) is 3.26. The smallest absolute Gasteiger partial charge is 0.0117 e. The first-order valence-electron chi connectivity index (χ1n) is 4.09. The van der Waals surface area contributed by atoms with Gasteiger partial charge in [0.1, 0.15) is 0 Å². The normalized spacial score (nSPS) is 9.83. The van der Waals surface area contributed by atoms with Gasteiger partial charge >= 0.3 is 0 Å². The highest BCUT2D eigenvalue weighted by Gasteiger charge is 1.97. The van der Waals surface area contributed by atoms with E-state index in [4.69, 9.17) is 5.73 Å². The maximum atomic E-state index is 5.54. The number of hydrogen-bond acceptors (Lipinski definition) is 1. The summed E-state index contributed by atoms with van der Waals surface area (Å²) in [6, 6.07) is 6.38. The largest absolute Gasteiger partial charge is 0.402 e. The molecule has 1 heteroatoms. The van der Waals surface area contributed by atoms with Gasteiger partial charge in [0.05, 0.1) is 0 Å². The Morgan fingerprint density at radius 3 is 2.58 bits per heavy atom. The summed E-state index contributed by atoms with van der Waals surface area (Å²) in [5.74, 6) is 0. The second-order valence-corrected chi connectivity index (χ2v) is 3.26. The molecule has 0 heterocycles. The van der Waals surface area contributed by atoms with Crippen molar-refractivity contribution in [3.8, 4) is 0 Å². The Morgan fingerprint density at radius 2 is 2.08 bits per heavy atom. The number of hydrogen-bond donors (Lipinski definition) is 1. The number of rotatable bonds is 2. The molecule has 0 spiro atoms. The number of benzene rings is 1. The fourth-order valence-electron chi connectivity index (χ4n) is 1.29. The number of allylic oxidation sites excluding steroid dienone is 1. The van der Waals surface area contributed by atoms with Crippen LogP contribution >= 0.6 is 0 Å². The van der Waals surface area contributed by atoms with Crippen LogP contribution in [0.1, 0.15) is 16.7 Å². The van der Waals surface area contributed by atoms with Crippen molar-refractivity contribution in [3.63, 3.8) is 0 Å². The summed E-state index contributed by atoms with van der Waals surface area (Å²) >= 11 is 0. The Bertz CT molecular complexity index is 300. The molecular formula is C11H15N. The van der Waals surface area contributed by atoms with Gasteiger partial charge in [-0.2, -0.15) is 0 Å². The fourth-order valence-corrected chi connectivity index (χ4v) is 1.29. The molecule has 0 aromatic heterocycles. The highest BCUT2D eigenvalue weighted by Crippen LogP contribution is 2.12. The Morgan fingerprint density at radius 1 is 1.42 bits per heavy atom. The Labute approximate surface area is 73.9 Å². The fraction of sp³-hybridized carbons (Fsp3) is 0.273. The lowest BCUT2D eigenvalue weighted by molar-refractivity contribution is 1.09. The molecule has 0 saturated heterocycles. The van der Waals surface area contributed by atoms with Gasteiger partial charge in [-0.15, -0.1) is 0 Å². The molecule has 0 aliphatic carbocycles. The van der Waals surface area contributed by atoms with Gasteiger partial charge in [-0.1, -0.05) is 30.3 Å². The van der Waals surface area contributed by atoms with Crippen LogP contribution in [-0.2, 0) is 6.42 Å². The summed E-state index contributed by atoms with van der Waals surface area (Å²) < 4.78 is 0. The summed E-state index contributed by atoms with van der Waals surface area (Å²) in [7, 11) is 0. The standard InChI is InChI=1S/C11H15N/c1-8-4-5-11(7-10(3)12)9(2)6-8/h4-6H,3,7,12H2,1-2H3. The van der Waals surface area contributed by atoms with Crippen LogP contribution in [0.5, 0.6) is 0 Å². The van der Waals surface area contributed by atoms with E-state index in [2.05, 4.69) is 38.6 Å². The van der Waals surface area contributed by atoms with Gasteiger partial charge in [0.25, 0.3) is 0 Å². The summed E-state index contributed by atoms with van der Waals surface area (Å²) in [6.07, 6.45) is 0.784. The van der Waals surface area contributed by atoms with Crippen LogP contribution in [0.3, 0.4) is 0 Å². The van der Waals surface area contributed by atoms with Gasteiger partial charge in [-0.3, -0.25) is 0 Å². The number of aryl methyl sites for hydroxylation is 2. The van der Waals surface area contributed by atoms with Gasteiger partial charge in [-0.25, -0.2) is 0 Å². The predicted octanol–water partition coefficient (Wildman–Crippen LogP) is 2.32. The minimum atomic E-state index is 0.724. The van der Waals surface area contributed by atoms with Crippen molar-refractivity contribution in [1.29, 1.82) is 0 Å². The molecule has 0 saturated carbocycles. The van der Waals surface area contributed by atoms with Crippen LogP contribution in [0.15, 0.2) is 30.5 Å². The molecule has 0 fully saturated rings. The van der Waals surface area contributed by atoms with E-state index in [1.807, 2.05) is 0 Å². The third kappa shape index (κ3) is 2.12. The third-order valence-corrected chi connectivity index (χ3v) is 1.92. The molecule has 0 bridgehead atoms. The summed E-state index contributed by atoms with van der Waals surface area (Å²) in [5, 5.41) is 0. The molecule has 0 amide bonds. The van der Waals surface area contributed by atoms with Gasteiger partial charge in [-0.05, 0) is 25.0 Å². The SMILES string of the molecule is C=C(N)Cc1ccc(C)cc1C. The highest BCUT2D eigenvalue weighted by molar-refractivity contribution is 5.32. The van der Waals surface area contributed by atoms with Crippen molar-refractivity contribution in [3.05, 3.63) is 47.2 Å². The van der Waals surface area contributed by atoms with Crippen molar-refractivity contribution in [2.24, 2.45) is 5.73 Å². The van der Waals surface area contributed by atoms with Crippen LogP contribution in [0, 0.1) is 13.8 Å². The van der Waals surface area contributed by atoms with E-state index in [-0.39, 0.29) is 0 Å². The molecule has 1 nitrogen and oxygen atoms in total. The maximum absolute atomic E-state index is 5.54. The van der Waals surface area contributed by atoms with Crippen molar-refractivity contribution in [2.45, 2.75) is 20.3 Å². The zero-order chi connectivity index (χ0) is 9.14. The predicted molar refractivity (Wildman–Crippen MR) is 52.9 cm³/mol. The molecule has 1 rings (SSSR count). The van der Waals surface area contributed by atoms with Gasteiger partial charge in [0.15, 0.2) is 0 Å². The molecule has 1 aromatic rings. The summed E-state index contributed by atoms with van der Waals surface area (Å²) in [6.45, 7) is 7.89. The molecule has 1 aromatic carbocycles. The van der Waals surface area contributed by atoms with Gasteiger partial charge in [0.2, 0.25) is 0 Å². The second kappa shape index (κ2) is 3.44. The first kappa shape index (κ1) is 8.85. The van der Waals surface area contributed by atoms with E-state index in [9.17, 15) is 0 Å². The molecule has 0 unspecified atom stereocenters. The van der Waals surface area contributed by atoms with Crippen LogP contribution in [-0.4, -0.2) is 0 Å². The molecule has 0 radical (unpaired) electrons. The Balaban J connectivity index is 2.93. The lowest BCUT2D eigenvalue weighted by Crippen LogP contribution is -2.00. The van der Waals surface area contributed by atoms with Crippen LogP contribution < -0.4 is 5.73 Å². The molecule has 0 aliphatic rings. The quantitative estimate of drug-likeness (QED) is 0.707. The minimum Gasteiger partial charge on any atom is -0.402 e. The van der Waals surface area contributed by atoms with E-state index in [0.29, 0.717) is 0 Å². The lowest BCUT2D eigenvalue weighted by atomic mass is 10.0. The molecular weight excluding hydrogens is 146 g/mol.